The van der Waals surface area contributed by atoms with Crippen LogP contribution in [0, 0.1) is 5.41 Å². The standard InChI is InChI=1S/C21H42O2.ClH.2H3N/c1-21(2,3)19-17-15-13-11-9-7-5-4-6-8-10-12-14-16-18-20(22)23;;;/h4-19H2,1-3H3,(H,22,23);1H;2*1H3. The van der Waals surface area contributed by atoms with Crippen LogP contribution in [0.3, 0.4) is 0 Å². The number of carbonyl (C=O) groups is 1. The summed E-state index contributed by atoms with van der Waals surface area (Å²) in [5.41, 5.74) is 0.507. The number of hydrogen-bond donors (Lipinski definition) is 2. The van der Waals surface area contributed by atoms with Gasteiger partial charge in [-0.15, -0.1) is 0 Å². The molecule has 162 valence electrons. The van der Waals surface area contributed by atoms with Gasteiger partial charge in [0.2, 0.25) is 0 Å². The summed E-state index contributed by atoms with van der Waals surface area (Å²) >= 11 is 0. The highest BCUT2D eigenvalue weighted by atomic mass is 35.5. The largest absolute Gasteiger partial charge is 1.00 e. The highest BCUT2D eigenvalue weighted by Gasteiger charge is 2.08. The smallest absolute Gasteiger partial charge is 0.0414 e. The molecule has 0 radical (unpaired) electrons. The molecule has 0 aliphatic carbocycles. The zero-order valence-electron chi connectivity index (χ0n) is 18.5. The minimum Gasteiger partial charge on any atom is -1.00 e. The van der Waals surface area contributed by atoms with E-state index >= 15 is 0 Å². The Morgan fingerprint density at radius 3 is 1.15 bits per heavy atom. The monoisotopic (exact) mass is 396 g/mol. The molecule has 0 aromatic carbocycles. The Morgan fingerprint density at radius 2 is 0.885 bits per heavy atom. The van der Waals surface area contributed by atoms with Gasteiger partial charge in [-0.3, -0.25) is 0 Å². The second-order valence-corrected chi connectivity index (χ2v) is 8.38. The fourth-order valence-electron chi connectivity index (χ4n) is 3.05. The van der Waals surface area contributed by atoms with E-state index in [1.807, 2.05) is 0 Å². The lowest BCUT2D eigenvalue weighted by Gasteiger charge is -2.17. The van der Waals surface area contributed by atoms with Crippen LogP contribution in [0.5, 0.6) is 0 Å². The molecule has 0 rings (SSSR count). The first kappa shape index (κ1) is 33.3. The quantitative estimate of drug-likeness (QED) is 0.386. The molecule has 0 heterocycles. The maximum Gasteiger partial charge on any atom is 0.0414 e. The van der Waals surface area contributed by atoms with Crippen molar-refractivity contribution in [3.8, 4) is 0 Å². The summed E-state index contributed by atoms with van der Waals surface area (Å²) in [6.45, 7) is 7.00. The Balaban J connectivity index is -0.000000807. The van der Waals surface area contributed by atoms with E-state index in [2.05, 4.69) is 20.8 Å². The van der Waals surface area contributed by atoms with Gasteiger partial charge in [0.1, 0.15) is 0 Å². The zero-order chi connectivity index (χ0) is 17.4. The molecule has 0 fully saturated rings. The molecular formula is C21H49ClN2O2. The van der Waals surface area contributed by atoms with Gasteiger partial charge in [0.15, 0.2) is 0 Å². The third-order valence-corrected chi connectivity index (χ3v) is 4.56. The predicted octanol–water partition coefficient (Wildman–Crippen LogP) is 3.78. The summed E-state index contributed by atoms with van der Waals surface area (Å²) in [6.07, 6.45) is 19.8. The average Bonchev–Trinajstić information content (AvgIpc) is 2.45. The van der Waals surface area contributed by atoms with E-state index in [0.29, 0.717) is 5.41 Å². The van der Waals surface area contributed by atoms with Crippen LogP contribution in [0.25, 0.3) is 0 Å². The van der Waals surface area contributed by atoms with Gasteiger partial charge in [-0.2, -0.15) is 0 Å². The first-order valence-electron chi connectivity index (χ1n) is 10.1. The van der Waals surface area contributed by atoms with Gasteiger partial charge in [0, 0.05) is 5.97 Å². The van der Waals surface area contributed by atoms with Crippen molar-refractivity contribution in [3.63, 3.8) is 0 Å². The van der Waals surface area contributed by atoms with Crippen LogP contribution in [0.15, 0.2) is 0 Å². The van der Waals surface area contributed by atoms with Crippen molar-refractivity contribution in [1.29, 1.82) is 0 Å². The molecule has 0 bridgehead atoms. The summed E-state index contributed by atoms with van der Waals surface area (Å²) in [6, 6.07) is 0. The maximum absolute atomic E-state index is 10.3. The van der Waals surface area contributed by atoms with E-state index in [1.54, 1.807) is 0 Å². The number of carbonyl (C=O) groups excluding carboxylic acids is 1. The highest BCUT2D eigenvalue weighted by Crippen LogP contribution is 2.22. The zero-order valence-corrected chi connectivity index (χ0v) is 19.3. The van der Waals surface area contributed by atoms with E-state index in [9.17, 15) is 9.90 Å². The van der Waals surface area contributed by atoms with Gasteiger partial charge in [0.25, 0.3) is 0 Å². The second kappa shape index (κ2) is 22.7. The Labute approximate surface area is 169 Å². The number of quaternary nitrogens is 2. The molecule has 8 N–H and O–H groups in total. The molecule has 0 amide bonds. The third kappa shape index (κ3) is 31.4. The molecule has 0 aliphatic rings. The molecule has 0 aromatic heterocycles. The minimum atomic E-state index is -0.904. The lowest BCUT2D eigenvalue weighted by molar-refractivity contribution is -0.305. The summed E-state index contributed by atoms with van der Waals surface area (Å²) in [5.74, 6) is -0.904. The number of rotatable bonds is 16. The molecule has 0 aliphatic heterocycles. The minimum absolute atomic E-state index is 0. The Morgan fingerprint density at radius 1 is 0.615 bits per heavy atom. The number of carboxylic acids is 1. The molecule has 0 saturated carbocycles. The summed E-state index contributed by atoms with van der Waals surface area (Å²) in [4.78, 5) is 10.3. The summed E-state index contributed by atoms with van der Waals surface area (Å²) < 4.78 is 0. The number of hydrogen-bond acceptors (Lipinski definition) is 2. The topological polar surface area (TPSA) is 113 Å². The summed E-state index contributed by atoms with van der Waals surface area (Å²) in [7, 11) is 0. The number of aliphatic carboxylic acids is 1. The van der Waals surface area contributed by atoms with Crippen molar-refractivity contribution in [1.82, 2.24) is 12.3 Å². The van der Waals surface area contributed by atoms with Crippen LogP contribution in [-0.4, -0.2) is 5.97 Å². The lowest BCUT2D eigenvalue weighted by Crippen LogP contribution is -3.00. The maximum atomic E-state index is 10.3. The van der Waals surface area contributed by atoms with Gasteiger partial charge in [-0.25, -0.2) is 0 Å². The number of halogens is 1. The molecule has 0 spiro atoms. The van der Waals surface area contributed by atoms with Crippen molar-refractivity contribution in [2.75, 3.05) is 0 Å². The van der Waals surface area contributed by atoms with E-state index in [1.165, 1.54) is 83.5 Å². The van der Waals surface area contributed by atoms with Crippen LogP contribution in [0.4, 0.5) is 0 Å². The van der Waals surface area contributed by atoms with Gasteiger partial charge in [-0.1, -0.05) is 104 Å². The highest BCUT2D eigenvalue weighted by molar-refractivity contribution is 5.63. The van der Waals surface area contributed by atoms with Crippen LogP contribution in [0.1, 0.15) is 124 Å². The van der Waals surface area contributed by atoms with Crippen LogP contribution >= 0.6 is 0 Å². The molecule has 4 nitrogen and oxygen atoms in total. The fraction of sp³-hybridized carbons (Fsp3) is 0.952. The van der Waals surface area contributed by atoms with Crippen molar-refractivity contribution >= 4 is 5.97 Å². The van der Waals surface area contributed by atoms with Gasteiger partial charge in [-0.05, 0) is 24.7 Å². The third-order valence-electron chi connectivity index (χ3n) is 4.56. The predicted molar refractivity (Wildman–Crippen MR) is 110 cm³/mol. The van der Waals surface area contributed by atoms with Crippen molar-refractivity contribution in [2.24, 2.45) is 5.41 Å². The second-order valence-electron chi connectivity index (χ2n) is 8.38. The average molecular weight is 397 g/mol. The first-order chi connectivity index (χ1) is 10.9. The number of carboxylic acid groups (broad SMARTS) is 1. The van der Waals surface area contributed by atoms with Crippen molar-refractivity contribution < 1.29 is 22.3 Å². The summed E-state index contributed by atoms with van der Waals surface area (Å²) in [5, 5.41) is 10.3. The van der Waals surface area contributed by atoms with E-state index < -0.39 is 5.97 Å². The van der Waals surface area contributed by atoms with Gasteiger partial charge >= 0.3 is 0 Å². The molecule has 0 aromatic rings. The van der Waals surface area contributed by atoms with E-state index in [-0.39, 0.29) is 31.1 Å². The van der Waals surface area contributed by atoms with Crippen molar-refractivity contribution in [3.05, 3.63) is 0 Å². The molecule has 0 saturated heterocycles. The lowest BCUT2D eigenvalue weighted by atomic mass is 9.89. The number of unbranched alkanes of at least 4 members (excludes halogenated alkanes) is 13. The molecule has 0 unspecified atom stereocenters. The first-order valence-corrected chi connectivity index (χ1v) is 10.1. The molecule has 5 heteroatoms. The van der Waals surface area contributed by atoms with Gasteiger partial charge < -0.3 is 34.6 Å². The Hall–Kier alpha value is -0.320. The Bertz CT molecular complexity index is 282. The molecule has 0 atom stereocenters. The van der Waals surface area contributed by atoms with E-state index in [0.717, 1.165) is 12.8 Å². The molecule has 26 heavy (non-hydrogen) atoms. The van der Waals surface area contributed by atoms with Crippen LogP contribution in [-0.2, 0) is 4.79 Å². The van der Waals surface area contributed by atoms with Crippen LogP contribution in [0.2, 0.25) is 0 Å². The van der Waals surface area contributed by atoms with Crippen LogP contribution < -0.4 is 29.8 Å². The van der Waals surface area contributed by atoms with E-state index in [4.69, 9.17) is 0 Å². The normalized spacial score (nSPS) is 10.4. The van der Waals surface area contributed by atoms with Gasteiger partial charge in [0.05, 0.1) is 0 Å². The SMILES string of the molecule is CC(C)(C)CCCCCCCCCCCCCCCCC(=O)[O-].[Cl-].[NH4+].[NH4+]. The molecular weight excluding hydrogens is 348 g/mol. The fourth-order valence-corrected chi connectivity index (χ4v) is 3.05. The van der Waals surface area contributed by atoms with Crippen molar-refractivity contribution in [2.45, 2.75) is 124 Å². The Kier molecular flexibility index (Phi) is 29.1.